The van der Waals surface area contributed by atoms with Crippen LogP contribution in [0, 0.1) is 0 Å². The third kappa shape index (κ3) is 4.77. The third-order valence-corrected chi connectivity index (χ3v) is 5.34. The van der Waals surface area contributed by atoms with Gasteiger partial charge in [-0.1, -0.05) is 42.5 Å². The number of likely N-dealkylation sites (N-methyl/N-ethyl adjacent to an activating group) is 1. The van der Waals surface area contributed by atoms with Gasteiger partial charge in [0.1, 0.15) is 0 Å². The average molecular weight is 389 g/mol. The van der Waals surface area contributed by atoms with Gasteiger partial charge in [0.05, 0.1) is 10.4 Å². The quantitative estimate of drug-likeness (QED) is 0.544. The molecule has 0 saturated heterocycles. The second-order valence-corrected chi connectivity index (χ2v) is 7.29. The van der Waals surface area contributed by atoms with Crippen LogP contribution in [0.1, 0.15) is 20.8 Å². The van der Waals surface area contributed by atoms with E-state index in [9.17, 15) is 18.0 Å². The number of halogens is 3. The Bertz CT molecular complexity index is 918. The summed E-state index contributed by atoms with van der Waals surface area (Å²) in [6.07, 6.45) is -3.64. The fourth-order valence-electron chi connectivity index (χ4n) is 2.69. The first-order valence-corrected chi connectivity index (χ1v) is 9.23. The maximum absolute atomic E-state index is 12.9. The van der Waals surface area contributed by atoms with Gasteiger partial charge in [0.15, 0.2) is 0 Å². The van der Waals surface area contributed by atoms with E-state index in [2.05, 4.69) is 0 Å². The summed E-state index contributed by atoms with van der Waals surface area (Å²) in [5, 5.41) is 0. The summed E-state index contributed by atoms with van der Waals surface area (Å²) in [6, 6.07) is 18.4. The van der Waals surface area contributed by atoms with Gasteiger partial charge in [-0.3, -0.25) is 4.79 Å². The first-order chi connectivity index (χ1) is 12.8. The standard InChI is InChI=1S/C21H18F3NOS/c1-25(13-12-15-6-3-2-4-7-15)20(26)19-11-10-18(27-19)16-8-5-9-17(14-16)21(22,23)24/h2-11,14H,12-13H2,1H3. The van der Waals surface area contributed by atoms with Gasteiger partial charge < -0.3 is 4.90 Å². The van der Waals surface area contributed by atoms with E-state index < -0.39 is 11.7 Å². The molecule has 1 aromatic heterocycles. The van der Waals surface area contributed by atoms with Crippen molar-refractivity contribution in [2.45, 2.75) is 12.6 Å². The van der Waals surface area contributed by atoms with E-state index >= 15 is 0 Å². The SMILES string of the molecule is CN(CCc1ccccc1)C(=O)c1ccc(-c2cccc(C(F)(F)F)c2)s1. The summed E-state index contributed by atoms with van der Waals surface area (Å²) in [4.78, 5) is 15.4. The van der Waals surface area contributed by atoms with Crippen LogP contribution in [-0.2, 0) is 12.6 Å². The fraction of sp³-hybridized carbons (Fsp3) is 0.190. The molecule has 0 atom stereocenters. The molecule has 0 bridgehead atoms. The van der Waals surface area contributed by atoms with E-state index in [0.29, 0.717) is 21.9 Å². The molecule has 27 heavy (non-hydrogen) atoms. The lowest BCUT2D eigenvalue weighted by Crippen LogP contribution is -2.28. The van der Waals surface area contributed by atoms with Crippen molar-refractivity contribution in [2.24, 2.45) is 0 Å². The molecule has 0 aliphatic rings. The van der Waals surface area contributed by atoms with E-state index in [1.165, 1.54) is 17.4 Å². The Kier molecular flexibility index (Phi) is 5.65. The van der Waals surface area contributed by atoms with Gasteiger partial charge in [0, 0.05) is 18.5 Å². The van der Waals surface area contributed by atoms with Crippen molar-refractivity contribution in [3.63, 3.8) is 0 Å². The molecule has 0 radical (unpaired) electrons. The largest absolute Gasteiger partial charge is 0.416 e. The first kappa shape index (κ1) is 19.2. The number of alkyl halides is 3. The summed E-state index contributed by atoms with van der Waals surface area (Å²) in [6.45, 7) is 0.569. The highest BCUT2D eigenvalue weighted by Gasteiger charge is 2.30. The number of amides is 1. The summed E-state index contributed by atoms with van der Waals surface area (Å²) >= 11 is 1.20. The minimum absolute atomic E-state index is 0.130. The van der Waals surface area contributed by atoms with Gasteiger partial charge in [-0.05, 0) is 41.8 Å². The molecule has 0 aliphatic heterocycles. The Balaban J connectivity index is 1.70. The predicted molar refractivity (Wildman–Crippen MR) is 102 cm³/mol. The number of hydrogen-bond acceptors (Lipinski definition) is 2. The van der Waals surface area contributed by atoms with Gasteiger partial charge in [-0.15, -0.1) is 11.3 Å². The molecule has 1 amide bonds. The van der Waals surface area contributed by atoms with E-state index in [-0.39, 0.29) is 5.91 Å². The molecule has 0 N–H and O–H groups in total. The van der Waals surface area contributed by atoms with Crippen LogP contribution in [0.4, 0.5) is 13.2 Å². The molecule has 2 nitrogen and oxygen atoms in total. The number of thiophene rings is 1. The molecule has 0 unspecified atom stereocenters. The Labute approximate surface area is 159 Å². The maximum atomic E-state index is 12.9. The van der Waals surface area contributed by atoms with Crippen molar-refractivity contribution < 1.29 is 18.0 Å². The molecule has 140 valence electrons. The lowest BCUT2D eigenvalue weighted by molar-refractivity contribution is -0.137. The second-order valence-electron chi connectivity index (χ2n) is 6.20. The maximum Gasteiger partial charge on any atom is 0.416 e. The minimum atomic E-state index is -4.39. The Morgan fingerprint density at radius 1 is 1.00 bits per heavy atom. The number of nitrogens with zero attached hydrogens (tertiary/aromatic N) is 1. The van der Waals surface area contributed by atoms with E-state index in [0.717, 1.165) is 24.1 Å². The highest BCUT2D eigenvalue weighted by atomic mass is 32.1. The van der Waals surface area contributed by atoms with E-state index in [4.69, 9.17) is 0 Å². The Hall–Kier alpha value is -2.60. The summed E-state index contributed by atoms with van der Waals surface area (Å²) in [5.41, 5.74) is 0.912. The van der Waals surface area contributed by atoms with Crippen molar-refractivity contribution in [2.75, 3.05) is 13.6 Å². The normalized spacial score (nSPS) is 11.4. The lowest BCUT2D eigenvalue weighted by Gasteiger charge is -2.16. The van der Waals surface area contributed by atoms with Crippen LogP contribution in [0.15, 0.2) is 66.7 Å². The van der Waals surface area contributed by atoms with Crippen molar-refractivity contribution >= 4 is 17.2 Å². The molecule has 2 aromatic carbocycles. The summed E-state index contributed by atoms with van der Waals surface area (Å²) in [5.74, 6) is -0.130. The van der Waals surface area contributed by atoms with Crippen LogP contribution in [0.25, 0.3) is 10.4 Å². The highest BCUT2D eigenvalue weighted by molar-refractivity contribution is 7.17. The van der Waals surface area contributed by atoms with Crippen LogP contribution in [0.2, 0.25) is 0 Å². The number of benzene rings is 2. The van der Waals surface area contributed by atoms with Crippen molar-refractivity contribution in [1.82, 2.24) is 4.90 Å². The van der Waals surface area contributed by atoms with Gasteiger partial charge in [-0.2, -0.15) is 13.2 Å². The van der Waals surface area contributed by atoms with Crippen LogP contribution in [0.3, 0.4) is 0 Å². The van der Waals surface area contributed by atoms with Crippen LogP contribution in [-0.4, -0.2) is 24.4 Å². The highest BCUT2D eigenvalue weighted by Crippen LogP contribution is 2.34. The summed E-state index contributed by atoms with van der Waals surface area (Å²) < 4.78 is 38.7. The summed E-state index contributed by atoms with van der Waals surface area (Å²) in [7, 11) is 1.73. The third-order valence-electron chi connectivity index (χ3n) is 4.22. The molecule has 6 heteroatoms. The van der Waals surface area contributed by atoms with Crippen molar-refractivity contribution in [3.8, 4) is 10.4 Å². The van der Waals surface area contributed by atoms with E-state index in [1.54, 1.807) is 30.1 Å². The molecule has 0 saturated carbocycles. The predicted octanol–water partition coefficient (Wildman–Crippen LogP) is 5.75. The van der Waals surface area contributed by atoms with Crippen molar-refractivity contribution in [3.05, 3.63) is 82.7 Å². The Morgan fingerprint density at radius 2 is 1.74 bits per heavy atom. The van der Waals surface area contributed by atoms with E-state index in [1.807, 2.05) is 30.3 Å². The average Bonchev–Trinajstić information content (AvgIpc) is 3.16. The molecule has 0 aliphatic carbocycles. The lowest BCUT2D eigenvalue weighted by atomic mass is 10.1. The number of carbonyl (C=O) groups is 1. The zero-order chi connectivity index (χ0) is 19.4. The number of hydrogen-bond donors (Lipinski definition) is 0. The molecule has 3 rings (SSSR count). The molecular weight excluding hydrogens is 371 g/mol. The topological polar surface area (TPSA) is 20.3 Å². The van der Waals surface area contributed by atoms with Crippen LogP contribution in [0.5, 0.6) is 0 Å². The number of rotatable bonds is 5. The zero-order valence-electron chi connectivity index (χ0n) is 14.7. The Morgan fingerprint density at radius 3 is 2.44 bits per heavy atom. The smallest absolute Gasteiger partial charge is 0.341 e. The molecular formula is C21H18F3NOS. The van der Waals surface area contributed by atoms with Gasteiger partial charge >= 0.3 is 6.18 Å². The van der Waals surface area contributed by atoms with Gasteiger partial charge in [0.2, 0.25) is 0 Å². The van der Waals surface area contributed by atoms with Gasteiger partial charge in [-0.25, -0.2) is 0 Å². The first-order valence-electron chi connectivity index (χ1n) is 8.41. The molecule has 0 spiro atoms. The molecule has 1 heterocycles. The van der Waals surface area contributed by atoms with Crippen LogP contribution >= 0.6 is 11.3 Å². The van der Waals surface area contributed by atoms with Gasteiger partial charge in [0.25, 0.3) is 5.91 Å². The van der Waals surface area contributed by atoms with Crippen molar-refractivity contribution in [1.29, 1.82) is 0 Å². The molecule has 3 aromatic rings. The number of carbonyl (C=O) groups excluding carboxylic acids is 1. The monoisotopic (exact) mass is 389 g/mol. The second kappa shape index (κ2) is 7.96. The minimum Gasteiger partial charge on any atom is -0.341 e. The van der Waals surface area contributed by atoms with Crippen LogP contribution < -0.4 is 0 Å². The fourth-order valence-corrected chi connectivity index (χ4v) is 3.68. The zero-order valence-corrected chi connectivity index (χ0v) is 15.5. The molecule has 0 fully saturated rings.